The smallest absolute Gasteiger partial charge is 0.134 e. The molecule has 2 rings (SSSR count). The molecule has 0 aliphatic heterocycles. The summed E-state index contributed by atoms with van der Waals surface area (Å²) >= 11 is 0. The van der Waals surface area contributed by atoms with E-state index in [0.717, 1.165) is 16.9 Å². The Bertz CT molecular complexity index is 495. The lowest BCUT2D eigenvalue weighted by Gasteiger charge is -2.09. The predicted molar refractivity (Wildman–Crippen MR) is 66.4 cm³/mol. The number of nitroso groups, excluding NO2 is 1. The molecule has 0 saturated heterocycles. The fourth-order valence-electron chi connectivity index (χ4n) is 1.56. The van der Waals surface area contributed by atoms with E-state index >= 15 is 0 Å². The molecule has 3 heteroatoms. The fourth-order valence-corrected chi connectivity index (χ4v) is 1.56. The molecule has 0 aliphatic carbocycles. The molecule has 0 aliphatic rings. The lowest BCUT2D eigenvalue weighted by Crippen LogP contribution is -1.91. The molecule has 0 unspecified atom stereocenters. The average molecular weight is 212 g/mol. The number of anilines is 2. The highest BCUT2D eigenvalue weighted by atomic mass is 16.3. The quantitative estimate of drug-likeness (QED) is 0.777. The summed E-state index contributed by atoms with van der Waals surface area (Å²) in [6, 6.07) is 15.3. The minimum Gasteiger partial charge on any atom is -0.354 e. The van der Waals surface area contributed by atoms with Crippen molar-refractivity contribution < 1.29 is 0 Å². The molecule has 16 heavy (non-hydrogen) atoms. The normalized spacial score (nSPS) is 9.81. The van der Waals surface area contributed by atoms with Crippen molar-refractivity contribution >= 4 is 17.1 Å². The minimum absolute atomic E-state index is 0.464. The predicted octanol–water partition coefficient (Wildman–Crippen LogP) is 4.14. The van der Waals surface area contributed by atoms with E-state index in [-0.39, 0.29) is 0 Å². The molecule has 0 radical (unpaired) electrons. The number of benzene rings is 2. The summed E-state index contributed by atoms with van der Waals surface area (Å²) in [6.07, 6.45) is 0. The first-order chi connectivity index (χ1) is 7.81. The second-order valence-corrected chi connectivity index (χ2v) is 3.55. The number of aryl methyl sites for hydroxylation is 1. The zero-order chi connectivity index (χ0) is 11.4. The van der Waals surface area contributed by atoms with Crippen LogP contribution in [0.2, 0.25) is 0 Å². The Morgan fingerprint density at radius 2 is 1.75 bits per heavy atom. The molecule has 0 fully saturated rings. The van der Waals surface area contributed by atoms with Crippen molar-refractivity contribution in [3.05, 3.63) is 59.0 Å². The first-order valence-electron chi connectivity index (χ1n) is 5.06. The van der Waals surface area contributed by atoms with E-state index in [0.29, 0.717) is 5.69 Å². The third-order valence-electron chi connectivity index (χ3n) is 2.38. The van der Waals surface area contributed by atoms with Gasteiger partial charge in [0.2, 0.25) is 0 Å². The zero-order valence-corrected chi connectivity index (χ0v) is 8.97. The lowest BCUT2D eigenvalue weighted by molar-refractivity contribution is 1.37. The Hall–Kier alpha value is -2.16. The van der Waals surface area contributed by atoms with Gasteiger partial charge in [-0.25, -0.2) is 0 Å². The molecule has 0 saturated carbocycles. The number of rotatable bonds is 3. The van der Waals surface area contributed by atoms with Gasteiger partial charge < -0.3 is 5.32 Å². The van der Waals surface area contributed by atoms with Gasteiger partial charge in [0.1, 0.15) is 5.69 Å². The second-order valence-electron chi connectivity index (χ2n) is 3.55. The van der Waals surface area contributed by atoms with Crippen LogP contribution in [0.5, 0.6) is 0 Å². The molecule has 0 spiro atoms. The van der Waals surface area contributed by atoms with Crippen molar-refractivity contribution in [2.75, 3.05) is 5.32 Å². The van der Waals surface area contributed by atoms with E-state index in [1.165, 1.54) is 0 Å². The third kappa shape index (κ3) is 2.08. The van der Waals surface area contributed by atoms with Gasteiger partial charge >= 0.3 is 0 Å². The Morgan fingerprint density at radius 1 is 1.00 bits per heavy atom. The summed E-state index contributed by atoms with van der Waals surface area (Å²) < 4.78 is 0. The van der Waals surface area contributed by atoms with Gasteiger partial charge in [-0.05, 0) is 35.9 Å². The van der Waals surface area contributed by atoms with Crippen LogP contribution in [0.3, 0.4) is 0 Å². The van der Waals surface area contributed by atoms with Gasteiger partial charge in [-0.3, -0.25) is 0 Å². The van der Waals surface area contributed by atoms with Crippen LogP contribution in [-0.4, -0.2) is 0 Å². The van der Waals surface area contributed by atoms with E-state index in [1.807, 2.05) is 55.5 Å². The Labute approximate surface area is 94.1 Å². The molecular formula is C13H12N2O. The van der Waals surface area contributed by atoms with Crippen molar-refractivity contribution in [2.24, 2.45) is 5.18 Å². The van der Waals surface area contributed by atoms with Crippen molar-refractivity contribution in [3.8, 4) is 0 Å². The van der Waals surface area contributed by atoms with E-state index in [1.54, 1.807) is 0 Å². The lowest BCUT2D eigenvalue weighted by atomic mass is 10.1. The summed E-state index contributed by atoms with van der Waals surface area (Å²) in [4.78, 5) is 10.7. The first-order valence-corrected chi connectivity index (χ1v) is 5.06. The molecule has 80 valence electrons. The standard InChI is InChI=1S/C13H12N2O/c1-10-6-5-9-12(13(10)15-16)14-11-7-3-2-4-8-11/h2-9,14H,1H3. The van der Waals surface area contributed by atoms with Crippen LogP contribution < -0.4 is 5.32 Å². The highest BCUT2D eigenvalue weighted by molar-refractivity contribution is 5.74. The van der Waals surface area contributed by atoms with Crippen molar-refractivity contribution in [1.29, 1.82) is 0 Å². The average Bonchev–Trinajstić information content (AvgIpc) is 2.31. The van der Waals surface area contributed by atoms with E-state index in [2.05, 4.69) is 10.5 Å². The molecule has 0 aromatic heterocycles. The van der Waals surface area contributed by atoms with Crippen molar-refractivity contribution in [1.82, 2.24) is 0 Å². The molecular weight excluding hydrogens is 200 g/mol. The van der Waals surface area contributed by atoms with Crippen LogP contribution in [0.1, 0.15) is 5.56 Å². The molecule has 0 bridgehead atoms. The fraction of sp³-hybridized carbons (Fsp3) is 0.0769. The maximum atomic E-state index is 10.7. The number of hydrogen-bond acceptors (Lipinski definition) is 3. The largest absolute Gasteiger partial charge is 0.354 e. The number of nitrogens with zero attached hydrogens (tertiary/aromatic N) is 1. The van der Waals surface area contributed by atoms with Crippen LogP contribution >= 0.6 is 0 Å². The van der Waals surface area contributed by atoms with Crippen LogP contribution in [0.4, 0.5) is 17.1 Å². The molecule has 0 amide bonds. The molecule has 0 atom stereocenters. The Morgan fingerprint density at radius 3 is 2.44 bits per heavy atom. The highest BCUT2D eigenvalue weighted by Crippen LogP contribution is 2.30. The monoisotopic (exact) mass is 212 g/mol. The molecule has 2 aromatic carbocycles. The summed E-state index contributed by atoms with van der Waals surface area (Å²) in [5.74, 6) is 0. The van der Waals surface area contributed by atoms with Crippen LogP contribution in [0.25, 0.3) is 0 Å². The van der Waals surface area contributed by atoms with Gasteiger partial charge in [-0.2, -0.15) is 0 Å². The van der Waals surface area contributed by atoms with Gasteiger partial charge in [-0.1, -0.05) is 30.3 Å². The van der Waals surface area contributed by atoms with Gasteiger partial charge in [0.15, 0.2) is 0 Å². The summed E-state index contributed by atoms with van der Waals surface area (Å²) in [5, 5.41) is 6.22. The van der Waals surface area contributed by atoms with Crippen LogP contribution in [0.15, 0.2) is 53.7 Å². The zero-order valence-electron chi connectivity index (χ0n) is 8.97. The maximum absolute atomic E-state index is 10.7. The minimum atomic E-state index is 0.464. The first kappa shape index (κ1) is 10.4. The number of hydrogen-bond donors (Lipinski definition) is 1. The summed E-state index contributed by atoms with van der Waals surface area (Å²) in [5.41, 5.74) is 3.02. The Balaban J connectivity index is 2.35. The molecule has 1 N–H and O–H groups in total. The topological polar surface area (TPSA) is 41.5 Å². The summed E-state index contributed by atoms with van der Waals surface area (Å²) in [7, 11) is 0. The summed E-state index contributed by atoms with van der Waals surface area (Å²) in [6.45, 7) is 1.87. The highest BCUT2D eigenvalue weighted by Gasteiger charge is 2.05. The third-order valence-corrected chi connectivity index (χ3v) is 2.38. The SMILES string of the molecule is Cc1cccc(Nc2ccccc2)c1N=O. The molecule has 0 heterocycles. The van der Waals surface area contributed by atoms with Crippen LogP contribution in [0, 0.1) is 11.8 Å². The van der Waals surface area contributed by atoms with Gasteiger partial charge in [0.25, 0.3) is 0 Å². The maximum Gasteiger partial charge on any atom is 0.134 e. The second kappa shape index (κ2) is 4.57. The molecule has 2 aromatic rings. The van der Waals surface area contributed by atoms with Gasteiger partial charge in [0, 0.05) is 5.69 Å². The van der Waals surface area contributed by atoms with E-state index in [9.17, 15) is 4.91 Å². The van der Waals surface area contributed by atoms with Crippen LogP contribution in [-0.2, 0) is 0 Å². The van der Waals surface area contributed by atoms with E-state index in [4.69, 9.17) is 0 Å². The van der Waals surface area contributed by atoms with Gasteiger partial charge in [0.05, 0.1) is 5.69 Å². The Kier molecular flexibility index (Phi) is 2.96. The number of para-hydroxylation sites is 1. The van der Waals surface area contributed by atoms with Gasteiger partial charge in [-0.15, -0.1) is 4.91 Å². The van der Waals surface area contributed by atoms with Crippen molar-refractivity contribution in [3.63, 3.8) is 0 Å². The number of nitrogens with one attached hydrogen (secondary N) is 1. The molecule has 3 nitrogen and oxygen atoms in total. The van der Waals surface area contributed by atoms with Crippen molar-refractivity contribution in [2.45, 2.75) is 6.92 Å². The van der Waals surface area contributed by atoms with E-state index < -0.39 is 0 Å².